The summed E-state index contributed by atoms with van der Waals surface area (Å²) in [5.74, 6) is -1.98. The molecule has 0 bridgehead atoms. The Morgan fingerprint density at radius 2 is 1.64 bits per heavy atom. The molecule has 0 fully saturated rings. The maximum absolute atomic E-state index is 12.9. The molecule has 1 N–H and O–H groups in total. The summed E-state index contributed by atoms with van der Waals surface area (Å²) in [4.78, 5) is 0. The van der Waals surface area contributed by atoms with Crippen molar-refractivity contribution in [1.82, 2.24) is 0 Å². The van der Waals surface area contributed by atoms with Crippen molar-refractivity contribution in [2.24, 2.45) is 0 Å². The molecular formula is C15H13ClF2O3S. The zero-order valence-electron chi connectivity index (χ0n) is 11.3. The molecule has 0 saturated carbocycles. The van der Waals surface area contributed by atoms with Crippen LogP contribution in [0.15, 0.2) is 42.5 Å². The fourth-order valence-electron chi connectivity index (χ4n) is 1.96. The highest BCUT2D eigenvalue weighted by atomic mass is 35.5. The van der Waals surface area contributed by atoms with Gasteiger partial charge in [-0.1, -0.05) is 29.8 Å². The van der Waals surface area contributed by atoms with E-state index in [-0.39, 0.29) is 10.6 Å². The van der Waals surface area contributed by atoms with Crippen LogP contribution in [0.4, 0.5) is 8.78 Å². The van der Waals surface area contributed by atoms with Gasteiger partial charge in [0.05, 0.1) is 17.6 Å². The van der Waals surface area contributed by atoms with Crippen molar-refractivity contribution in [1.29, 1.82) is 0 Å². The molecule has 2 aromatic carbocycles. The molecule has 0 spiro atoms. The maximum Gasteiger partial charge on any atom is 0.157 e. The normalized spacial score (nSPS) is 13.1. The molecule has 1 unspecified atom stereocenters. The minimum absolute atomic E-state index is 0.0137. The number of aliphatic hydroxyl groups excluding tert-OH is 1. The lowest BCUT2D eigenvalue weighted by Crippen LogP contribution is -2.16. The highest BCUT2D eigenvalue weighted by Crippen LogP contribution is 2.22. The molecule has 2 rings (SSSR count). The van der Waals surface area contributed by atoms with Crippen molar-refractivity contribution < 1.29 is 22.3 Å². The second-order valence-corrected chi connectivity index (χ2v) is 7.37. The van der Waals surface area contributed by atoms with Gasteiger partial charge in [0.15, 0.2) is 9.84 Å². The van der Waals surface area contributed by atoms with Crippen LogP contribution in [0.1, 0.15) is 17.2 Å². The maximum atomic E-state index is 12.9. The lowest BCUT2D eigenvalue weighted by atomic mass is 10.1. The predicted octanol–water partition coefficient (Wildman–Crippen LogP) is 3.27. The van der Waals surface area contributed by atoms with E-state index in [1.165, 1.54) is 18.2 Å². The van der Waals surface area contributed by atoms with Crippen LogP contribution in [0.25, 0.3) is 0 Å². The first-order valence-corrected chi connectivity index (χ1v) is 8.55. The first-order chi connectivity index (χ1) is 10.3. The summed E-state index contributed by atoms with van der Waals surface area (Å²) < 4.78 is 49.9. The van der Waals surface area contributed by atoms with E-state index in [0.717, 1.165) is 24.3 Å². The van der Waals surface area contributed by atoms with Crippen LogP contribution in [-0.2, 0) is 15.6 Å². The van der Waals surface area contributed by atoms with Crippen molar-refractivity contribution in [3.63, 3.8) is 0 Å². The quantitative estimate of drug-likeness (QED) is 0.904. The molecule has 0 aliphatic heterocycles. The van der Waals surface area contributed by atoms with Crippen LogP contribution in [0.5, 0.6) is 0 Å². The first kappa shape index (κ1) is 16.9. The molecule has 2 aromatic rings. The van der Waals surface area contributed by atoms with E-state index in [0.29, 0.717) is 5.56 Å². The van der Waals surface area contributed by atoms with E-state index in [4.69, 9.17) is 11.6 Å². The molecule has 3 nitrogen and oxygen atoms in total. The van der Waals surface area contributed by atoms with E-state index in [1.807, 2.05) is 0 Å². The van der Waals surface area contributed by atoms with Crippen molar-refractivity contribution in [2.45, 2.75) is 11.9 Å². The van der Waals surface area contributed by atoms with Gasteiger partial charge >= 0.3 is 0 Å². The fourth-order valence-corrected chi connectivity index (χ4v) is 3.79. The summed E-state index contributed by atoms with van der Waals surface area (Å²) in [7, 11) is -3.68. The van der Waals surface area contributed by atoms with E-state index < -0.39 is 39.1 Å². The van der Waals surface area contributed by atoms with Crippen LogP contribution in [-0.4, -0.2) is 19.3 Å². The number of hydrogen-bond acceptors (Lipinski definition) is 3. The van der Waals surface area contributed by atoms with Gasteiger partial charge in [-0.15, -0.1) is 0 Å². The number of aliphatic hydroxyl groups is 1. The Labute approximate surface area is 132 Å². The third kappa shape index (κ3) is 4.50. The number of halogens is 3. The minimum atomic E-state index is -3.68. The molecule has 0 saturated heterocycles. The lowest BCUT2D eigenvalue weighted by molar-refractivity contribution is 0.201. The zero-order valence-corrected chi connectivity index (χ0v) is 12.9. The second kappa shape index (κ2) is 6.73. The number of hydrogen-bond donors (Lipinski definition) is 1. The Kier molecular flexibility index (Phi) is 5.16. The summed E-state index contributed by atoms with van der Waals surface area (Å²) in [6, 6.07) is 8.36. The van der Waals surface area contributed by atoms with Gasteiger partial charge in [0.1, 0.15) is 11.6 Å². The van der Waals surface area contributed by atoms with Gasteiger partial charge in [-0.25, -0.2) is 17.2 Å². The van der Waals surface area contributed by atoms with Crippen molar-refractivity contribution in [3.05, 3.63) is 70.2 Å². The Hall–Kier alpha value is -1.50. The summed E-state index contributed by atoms with van der Waals surface area (Å²) in [6.07, 6.45) is -1.27. The van der Waals surface area contributed by atoms with E-state index in [9.17, 15) is 22.3 Å². The Balaban J connectivity index is 2.12. The average Bonchev–Trinajstić information content (AvgIpc) is 2.42. The van der Waals surface area contributed by atoms with Crippen LogP contribution in [0, 0.1) is 11.6 Å². The van der Waals surface area contributed by atoms with Gasteiger partial charge in [0, 0.05) is 5.02 Å². The highest BCUT2D eigenvalue weighted by Gasteiger charge is 2.20. The van der Waals surface area contributed by atoms with Crippen LogP contribution < -0.4 is 0 Å². The zero-order chi connectivity index (χ0) is 16.3. The van der Waals surface area contributed by atoms with Gasteiger partial charge in [0.2, 0.25) is 0 Å². The van der Waals surface area contributed by atoms with Crippen molar-refractivity contribution >= 4 is 21.4 Å². The molecule has 0 radical (unpaired) electrons. The van der Waals surface area contributed by atoms with Crippen molar-refractivity contribution in [2.75, 3.05) is 5.75 Å². The molecular weight excluding hydrogens is 334 g/mol. The molecule has 0 aliphatic rings. The summed E-state index contributed by atoms with van der Waals surface area (Å²) in [6.45, 7) is 0. The predicted molar refractivity (Wildman–Crippen MR) is 80.3 cm³/mol. The third-order valence-corrected chi connectivity index (χ3v) is 4.98. The Morgan fingerprint density at radius 3 is 2.23 bits per heavy atom. The van der Waals surface area contributed by atoms with Gasteiger partial charge in [-0.2, -0.15) is 0 Å². The van der Waals surface area contributed by atoms with E-state index in [2.05, 4.69) is 0 Å². The third-order valence-electron chi connectivity index (χ3n) is 3.06. The molecule has 1 atom stereocenters. The molecule has 22 heavy (non-hydrogen) atoms. The molecule has 0 heterocycles. The van der Waals surface area contributed by atoms with Gasteiger partial charge < -0.3 is 5.11 Å². The summed E-state index contributed by atoms with van der Waals surface area (Å²) in [5, 5.41) is 9.96. The minimum Gasteiger partial charge on any atom is -0.387 e. The standard InChI is InChI=1S/C15H13ClF2O3S/c16-14-7-13(18)6-3-11(14)8-22(20,21)9-15(19)10-1-4-12(17)5-2-10/h1-7,15,19H,8-9H2. The van der Waals surface area contributed by atoms with E-state index in [1.54, 1.807) is 0 Å². The molecule has 118 valence electrons. The van der Waals surface area contributed by atoms with Crippen LogP contribution in [0.2, 0.25) is 5.02 Å². The lowest BCUT2D eigenvalue weighted by Gasteiger charge is -2.12. The molecule has 0 aromatic heterocycles. The molecule has 0 aliphatic carbocycles. The van der Waals surface area contributed by atoms with Crippen LogP contribution in [0.3, 0.4) is 0 Å². The average molecular weight is 347 g/mol. The number of sulfone groups is 1. The summed E-state index contributed by atoms with van der Waals surface area (Å²) >= 11 is 5.80. The van der Waals surface area contributed by atoms with Crippen LogP contribution >= 0.6 is 11.6 Å². The molecule has 7 heteroatoms. The number of benzene rings is 2. The highest BCUT2D eigenvalue weighted by molar-refractivity contribution is 7.90. The van der Waals surface area contributed by atoms with Gasteiger partial charge in [0.25, 0.3) is 0 Å². The monoisotopic (exact) mass is 346 g/mol. The Morgan fingerprint density at radius 1 is 1.05 bits per heavy atom. The van der Waals surface area contributed by atoms with Gasteiger partial charge in [-0.3, -0.25) is 0 Å². The second-order valence-electron chi connectivity index (χ2n) is 4.86. The first-order valence-electron chi connectivity index (χ1n) is 6.35. The Bertz CT molecular complexity index is 761. The van der Waals surface area contributed by atoms with Crippen molar-refractivity contribution in [3.8, 4) is 0 Å². The van der Waals surface area contributed by atoms with Gasteiger partial charge in [-0.05, 0) is 35.4 Å². The summed E-state index contributed by atoms with van der Waals surface area (Å²) in [5.41, 5.74) is 0.560. The number of rotatable bonds is 5. The van der Waals surface area contributed by atoms with E-state index >= 15 is 0 Å². The fraction of sp³-hybridized carbons (Fsp3) is 0.200. The topological polar surface area (TPSA) is 54.4 Å². The molecule has 0 amide bonds. The largest absolute Gasteiger partial charge is 0.387 e. The SMILES string of the molecule is O=S(=O)(Cc1ccc(F)cc1Cl)CC(O)c1ccc(F)cc1. The smallest absolute Gasteiger partial charge is 0.157 e.